The van der Waals surface area contributed by atoms with Gasteiger partial charge < -0.3 is 4.74 Å². The predicted octanol–water partition coefficient (Wildman–Crippen LogP) is 5.25. The van der Waals surface area contributed by atoms with E-state index in [0.29, 0.717) is 21.8 Å². The Kier molecular flexibility index (Phi) is 4.63. The van der Waals surface area contributed by atoms with Gasteiger partial charge in [0.1, 0.15) is 0 Å². The monoisotopic (exact) mass is 440 g/mol. The van der Waals surface area contributed by atoms with Crippen LogP contribution in [0.5, 0.6) is 0 Å². The highest BCUT2D eigenvalue weighted by Gasteiger charge is 2.14. The first-order valence-corrected chi connectivity index (χ1v) is 9.65. The maximum atomic E-state index is 12.8. The molecule has 0 radical (unpaired) electrons. The molecule has 0 fully saturated rings. The van der Waals surface area contributed by atoms with Gasteiger partial charge in [-0.1, -0.05) is 51.5 Å². The summed E-state index contributed by atoms with van der Waals surface area (Å²) >= 11 is 4.83. The molecular weight excluding hydrogens is 428 g/mol. The summed E-state index contributed by atoms with van der Waals surface area (Å²) in [7, 11) is 1.34. The molecule has 1 aromatic heterocycles. The van der Waals surface area contributed by atoms with Gasteiger partial charge in [0.2, 0.25) is 0 Å². The number of ether oxygens (including phenoxy) is 1. The Balaban J connectivity index is 1.67. The molecule has 3 aromatic carbocycles. The second-order valence-corrected chi connectivity index (χ2v) is 7.67. The Labute approximate surface area is 167 Å². The number of methoxy groups -OCH3 is 1. The van der Waals surface area contributed by atoms with Crippen LogP contribution >= 0.6 is 27.3 Å². The molecule has 5 nitrogen and oxygen atoms in total. The fraction of sp³-hybridized carbons (Fsp3) is 0.0500. The number of anilines is 1. The normalized spacial score (nSPS) is 10.9. The van der Waals surface area contributed by atoms with Crippen molar-refractivity contribution in [3.8, 4) is 0 Å². The second kappa shape index (κ2) is 7.09. The van der Waals surface area contributed by atoms with Gasteiger partial charge in [-0.2, -0.15) is 0 Å². The van der Waals surface area contributed by atoms with Gasteiger partial charge in [-0.05, 0) is 41.1 Å². The molecule has 0 saturated heterocycles. The molecule has 1 N–H and O–H groups in total. The molecular formula is C20H13BrN2O3S. The Morgan fingerprint density at radius 3 is 2.67 bits per heavy atom. The summed E-state index contributed by atoms with van der Waals surface area (Å²) in [5.74, 6) is -0.636. The van der Waals surface area contributed by atoms with Gasteiger partial charge in [-0.15, -0.1) is 0 Å². The standard InChI is InChI=1S/C20H13BrN2O3S/c1-26-19(25)11-8-9-16-17(10-11)27-20(22-16)23-18(24)14-6-2-5-13-12(14)4-3-7-15(13)21/h2-10H,1H3,(H,22,23,24). The summed E-state index contributed by atoms with van der Waals surface area (Å²) in [6.45, 7) is 0. The topological polar surface area (TPSA) is 68.3 Å². The number of amides is 1. The first-order valence-electron chi connectivity index (χ1n) is 8.04. The number of nitrogens with zero attached hydrogens (tertiary/aromatic N) is 1. The van der Waals surface area contributed by atoms with Gasteiger partial charge in [-0.25, -0.2) is 9.78 Å². The Morgan fingerprint density at radius 2 is 1.85 bits per heavy atom. The van der Waals surface area contributed by atoms with E-state index in [0.717, 1.165) is 19.9 Å². The molecule has 4 aromatic rings. The molecule has 27 heavy (non-hydrogen) atoms. The zero-order valence-corrected chi connectivity index (χ0v) is 16.6. The van der Waals surface area contributed by atoms with Gasteiger partial charge in [0.05, 0.1) is 22.9 Å². The lowest BCUT2D eigenvalue weighted by Gasteiger charge is -2.07. The summed E-state index contributed by atoms with van der Waals surface area (Å²) in [6.07, 6.45) is 0. The number of aromatic nitrogens is 1. The largest absolute Gasteiger partial charge is 0.465 e. The summed E-state index contributed by atoms with van der Waals surface area (Å²) < 4.78 is 6.47. The van der Waals surface area contributed by atoms with E-state index in [-0.39, 0.29) is 5.91 Å². The van der Waals surface area contributed by atoms with Crippen LogP contribution in [0, 0.1) is 0 Å². The summed E-state index contributed by atoms with van der Waals surface area (Å²) in [6, 6.07) is 16.5. The Bertz CT molecular complexity index is 1200. The number of thiazole rings is 1. The van der Waals surface area contributed by atoms with E-state index < -0.39 is 5.97 Å². The number of hydrogen-bond acceptors (Lipinski definition) is 5. The maximum absolute atomic E-state index is 12.8. The van der Waals surface area contributed by atoms with E-state index in [9.17, 15) is 9.59 Å². The molecule has 0 aliphatic rings. The molecule has 0 saturated carbocycles. The summed E-state index contributed by atoms with van der Waals surface area (Å²) in [5, 5.41) is 5.16. The average Bonchev–Trinajstić information content (AvgIpc) is 3.08. The fourth-order valence-electron chi connectivity index (χ4n) is 2.86. The second-order valence-electron chi connectivity index (χ2n) is 5.79. The van der Waals surface area contributed by atoms with Crippen LogP contribution in [0.15, 0.2) is 59.1 Å². The smallest absolute Gasteiger partial charge is 0.337 e. The van der Waals surface area contributed by atoms with Crippen LogP contribution in [-0.4, -0.2) is 24.0 Å². The molecule has 134 valence electrons. The minimum absolute atomic E-state index is 0.231. The minimum Gasteiger partial charge on any atom is -0.465 e. The third kappa shape index (κ3) is 3.31. The van der Waals surface area contributed by atoms with E-state index >= 15 is 0 Å². The molecule has 1 heterocycles. The SMILES string of the molecule is COC(=O)c1ccc2nc(NC(=O)c3cccc4c(Br)cccc34)sc2c1. The molecule has 7 heteroatoms. The highest BCUT2D eigenvalue weighted by molar-refractivity contribution is 9.10. The molecule has 0 bridgehead atoms. The van der Waals surface area contributed by atoms with E-state index in [2.05, 4.69) is 26.2 Å². The number of fused-ring (bicyclic) bond motifs is 2. The van der Waals surface area contributed by atoms with Crippen molar-refractivity contribution in [2.24, 2.45) is 0 Å². The van der Waals surface area contributed by atoms with Gasteiger partial charge in [0.15, 0.2) is 5.13 Å². The van der Waals surface area contributed by atoms with Gasteiger partial charge in [0, 0.05) is 10.0 Å². The fourth-order valence-corrected chi connectivity index (χ4v) is 4.26. The highest BCUT2D eigenvalue weighted by Crippen LogP contribution is 2.29. The van der Waals surface area contributed by atoms with Crippen LogP contribution in [0.4, 0.5) is 5.13 Å². The molecule has 0 aliphatic carbocycles. The Hall–Kier alpha value is -2.77. The molecule has 4 rings (SSSR count). The van der Waals surface area contributed by atoms with Gasteiger partial charge in [0.25, 0.3) is 5.91 Å². The van der Waals surface area contributed by atoms with E-state index in [1.54, 1.807) is 24.3 Å². The van der Waals surface area contributed by atoms with Crippen molar-refractivity contribution in [2.75, 3.05) is 12.4 Å². The van der Waals surface area contributed by atoms with Crippen LogP contribution < -0.4 is 5.32 Å². The van der Waals surface area contributed by atoms with Gasteiger partial charge in [-0.3, -0.25) is 10.1 Å². The average molecular weight is 441 g/mol. The van der Waals surface area contributed by atoms with Crippen LogP contribution in [0.3, 0.4) is 0 Å². The highest BCUT2D eigenvalue weighted by atomic mass is 79.9. The van der Waals surface area contributed by atoms with Crippen molar-refractivity contribution in [1.82, 2.24) is 4.98 Å². The number of halogens is 1. The molecule has 0 aliphatic heterocycles. The van der Waals surface area contributed by atoms with Crippen molar-refractivity contribution < 1.29 is 14.3 Å². The van der Waals surface area contributed by atoms with Crippen LogP contribution in [0.25, 0.3) is 21.0 Å². The number of hydrogen-bond donors (Lipinski definition) is 1. The zero-order valence-electron chi connectivity index (χ0n) is 14.2. The molecule has 0 atom stereocenters. The van der Waals surface area contributed by atoms with Crippen LogP contribution in [0.2, 0.25) is 0 Å². The lowest BCUT2D eigenvalue weighted by molar-refractivity contribution is 0.0601. The summed E-state index contributed by atoms with van der Waals surface area (Å²) in [4.78, 5) is 28.9. The van der Waals surface area contributed by atoms with Crippen molar-refractivity contribution in [1.29, 1.82) is 0 Å². The van der Waals surface area contributed by atoms with Crippen molar-refractivity contribution >= 4 is 65.3 Å². The maximum Gasteiger partial charge on any atom is 0.337 e. The molecule has 1 amide bonds. The lowest BCUT2D eigenvalue weighted by atomic mass is 10.0. The third-order valence-corrected chi connectivity index (χ3v) is 5.77. The lowest BCUT2D eigenvalue weighted by Crippen LogP contribution is -2.12. The number of esters is 1. The Morgan fingerprint density at radius 1 is 1.07 bits per heavy atom. The number of rotatable bonds is 3. The minimum atomic E-state index is -0.405. The quantitative estimate of drug-likeness (QED) is 0.441. The van der Waals surface area contributed by atoms with Crippen molar-refractivity contribution in [2.45, 2.75) is 0 Å². The van der Waals surface area contributed by atoms with Crippen molar-refractivity contribution in [3.63, 3.8) is 0 Å². The van der Waals surface area contributed by atoms with Crippen LogP contribution in [0.1, 0.15) is 20.7 Å². The van der Waals surface area contributed by atoms with E-state index in [4.69, 9.17) is 4.74 Å². The third-order valence-electron chi connectivity index (χ3n) is 4.14. The molecule has 0 unspecified atom stereocenters. The zero-order chi connectivity index (χ0) is 19.0. The summed E-state index contributed by atoms with van der Waals surface area (Å²) in [5.41, 5.74) is 1.73. The van der Waals surface area contributed by atoms with Crippen LogP contribution in [-0.2, 0) is 4.74 Å². The number of carbonyl (C=O) groups excluding carboxylic acids is 2. The number of carbonyl (C=O) groups is 2. The van der Waals surface area contributed by atoms with E-state index in [1.807, 2.05) is 30.3 Å². The first kappa shape index (κ1) is 17.6. The number of nitrogens with one attached hydrogen (secondary N) is 1. The van der Waals surface area contributed by atoms with Crippen molar-refractivity contribution in [3.05, 3.63) is 70.2 Å². The predicted molar refractivity (Wildman–Crippen MR) is 111 cm³/mol. The number of benzene rings is 3. The van der Waals surface area contributed by atoms with Gasteiger partial charge >= 0.3 is 5.97 Å². The molecule has 0 spiro atoms. The van der Waals surface area contributed by atoms with E-state index in [1.165, 1.54) is 18.4 Å². The first-order chi connectivity index (χ1) is 13.1.